The second kappa shape index (κ2) is 7.08. The summed E-state index contributed by atoms with van der Waals surface area (Å²) in [5.41, 5.74) is 2.08. The number of aromatic nitrogens is 1. The molecule has 0 amide bonds. The van der Waals surface area contributed by atoms with Crippen LogP contribution in [0.1, 0.15) is 12.8 Å². The van der Waals surface area contributed by atoms with E-state index in [9.17, 15) is 4.57 Å². The number of aryl methyl sites for hydroxylation is 1. The largest absolute Gasteiger partial charge is 0.497 e. The molecule has 1 aromatic heterocycles. The molecular formula is C18H22NO5P. The van der Waals surface area contributed by atoms with Crippen molar-refractivity contribution in [2.45, 2.75) is 19.4 Å². The summed E-state index contributed by atoms with van der Waals surface area (Å²) < 4.78 is 23.9. The Morgan fingerprint density at radius 3 is 1.88 bits per heavy atom. The van der Waals surface area contributed by atoms with Crippen molar-refractivity contribution in [1.29, 1.82) is 0 Å². The first-order valence-electron chi connectivity index (χ1n) is 8.11. The lowest BCUT2D eigenvalue weighted by Gasteiger charge is -2.09. The van der Waals surface area contributed by atoms with Gasteiger partial charge in [0.15, 0.2) is 0 Å². The zero-order valence-electron chi connectivity index (χ0n) is 14.3. The quantitative estimate of drug-likeness (QED) is 0.493. The van der Waals surface area contributed by atoms with E-state index < -0.39 is 7.60 Å². The zero-order valence-corrected chi connectivity index (χ0v) is 15.2. The number of benzene rings is 2. The number of hydrogen-bond donors (Lipinski definition) is 2. The van der Waals surface area contributed by atoms with E-state index in [4.69, 9.17) is 19.3 Å². The van der Waals surface area contributed by atoms with Crippen molar-refractivity contribution in [1.82, 2.24) is 4.57 Å². The van der Waals surface area contributed by atoms with Gasteiger partial charge in [-0.05, 0) is 37.1 Å². The Kier molecular flexibility index (Phi) is 5.04. The summed E-state index contributed by atoms with van der Waals surface area (Å²) in [7, 11) is -0.671. The van der Waals surface area contributed by atoms with E-state index in [0.29, 0.717) is 19.4 Å². The highest BCUT2D eigenvalue weighted by molar-refractivity contribution is 7.51. The molecule has 0 saturated carbocycles. The fourth-order valence-corrected chi connectivity index (χ4v) is 3.77. The van der Waals surface area contributed by atoms with E-state index in [-0.39, 0.29) is 6.16 Å². The predicted octanol–water partition coefficient (Wildman–Crippen LogP) is 3.77. The van der Waals surface area contributed by atoms with Crippen LogP contribution in [0.25, 0.3) is 21.8 Å². The van der Waals surface area contributed by atoms with Crippen LogP contribution in [0.15, 0.2) is 36.4 Å². The van der Waals surface area contributed by atoms with E-state index in [2.05, 4.69) is 4.57 Å². The minimum atomic E-state index is -3.94. The van der Waals surface area contributed by atoms with E-state index in [1.807, 2.05) is 36.4 Å². The summed E-state index contributed by atoms with van der Waals surface area (Å²) in [5, 5.41) is 2.24. The lowest BCUT2D eigenvalue weighted by atomic mass is 10.1. The van der Waals surface area contributed by atoms with Crippen LogP contribution in [-0.4, -0.2) is 34.7 Å². The second-order valence-electron chi connectivity index (χ2n) is 6.01. The molecule has 0 aliphatic heterocycles. The van der Waals surface area contributed by atoms with Gasteiger partial charge in [-0.25, -0.2) is 0 Å². The van der Waals surface area contributed by atoms with Gasteiger partial charge < -0.3 is 23.8 Å². The summed E-state index contributed by atoms with van der Waals surface area (Å²) in [4.78, 5) is 18.1. The Hall–Kier alpha value is -2.01. The highest BCUT2D eigenvalue weighted by atomic mass is 31.2. The lowest BCUT2D eigenvalue weighted by Crippen LogP contribution is -2.00. The third-order valence-electron chi connectivity index (χ3n) is 4.36. The molecule has 25 heavy (non-hydrogen) atoms. The Balaban J connectivity index is 2.03. The van der Waals surface area contributed by atoms with Crippen LogP contribution >= 0.6 is 7.60 Å². The van der Waals surface area contributed by atoms with Crippen molar-refractivity contribution >= 4 is 29.4 Å². The molecule has 0 saturated heterocycles. The molecule has 2 aromatic carbocycles. The van der Waals surface area contributed by atoms with Gasteiger partial charge in [0.1, 0.15) is 11.5 Å². The molecule has 7 heteroatoms. The Morgan fingerprint density at radius 2 is 1.44 bits per heavy atom. The Labute approximate surface area is 146 Å². The van der Waals surface area contributed by atoms with Gasteiger partial charge in [-0.3, -0.25) is 4.57 Å². The molecular weight excluding hydrogens is 341 g/mol. The molecule has 1 heterocycles. The average Bonchev–Trinajstić information content (AvgIpc) is 2.90. The molecule has 0 spiro atoms. The Bertz CT molecular complexity index is 882. The van der Waals surface area contributed by atoms with E-state index in [1.54, 1.807) is 14.2 Å². The molecule has 0 fully saturated rings. The fourth-order valence-electron chi connectivity index (χ4n) is 3.14. The van der Waals surface area contributed by atoms with Gasteiger partial charge in [-0.2, -0.15) is 0 Å². The van der Waals surface area contributed by atoms with Crippen molar-refractivity contribution in [3.63, 3.8) is 0 Å². The summed E-state index contributed by atoms with van der Waals surface area (Å²) >= 11 is 0. The zero-order chi connectivity index (χ0) is 18.0. The average molecular weight is 363 g/mol. The second-order valence-corrected chi connectivity index (χ2v) is 7.79. The minimum absolute atomic E-state index is 0.0865. The molecule has 0 atom stereocenters. The normalized spacial score (nSPS) is 12.0. The van der Waals surface area contributed by atoms with Gasteiger partial charge in [-0.15, -0.1) is 0 Å². The third-order valence-corrected chi connectivity index (χ3v) is 5.26. The molecule has 0 unspecified atom stereocenters. The SMILES string of the molecule is COc1ccc2c3ccc(OC)cc3n(CCCCP(=O)(O)O)c2c1. The first kappa shape index (κ1) is 17.8. The first-order chi connectivity index (χ1) is 11.9. The van der Waals surface area contributed by atoms with E-state index >= 15 is 0 Å². The van der Waals surface area contributed by atoms with Crippen molar-refractivity contribution < 1.29 is 23.8 Å². The standard InChI is InChI=1S/C18H22NO5P/c1-23-13-5-7-15-16-8-6-14(24-2)12-18(16)19(17(15)11-13)9-3-4-10-25(20,21)22/h5-8,11-12H,3-4,9-10H2,1-2H3,(H2,20,21,22). The molecule has 134 valence electrons. The maximum atomic E-state index is 11.0. The third kappa shape index (κ3) is 3.82. The maximum absolute atomic E-state index is 11.0. The van der Waals surface area contributed by atoms with Crippen molar-refractivity contribution in [2.75, 3.05) is 20.4 Å². The Morgan fingerprint density at radius 1 is 0.920 bits per heavy atom. The molecule has 0 radical (unpaired) electrons. The smallest absolute Gasteiger partial charge is 0.325 e. The number of methoxy groups -OCH3 is 2. The van der Waals surface area contributed by atoms with Crippen LogP contribution in [-0.2, 0) is 11.1 Å². The number of hydrogen-bond acceptors (Lipinski definition) is 3. The van der Waals surface area contributed by atoms with Crippen LogP contribution in [0.5, 0.6) is 11.5 Å². The number of unbranched alkanes of at least 4 members (excludes halogenated alkanes) is 1. The maximum Gasteiger partial charge on any atom is 0.325 e. The fraction of sp³-hybridized carbons (Fsp3) is 0.333. The summed E-state index contributed by atoms with van der Waals surface area (Å²) in [6, 6.07) is 11.9. The van der Waals surface area contributed by atoms with Crippen molar-refractivity contribution in [3.05, 3.63) is 36.4 Å². The summed E-state index contributed by atoms with van der Waals surface area (Å²) in [6.07, 6.45) is 1.06. The number of ether oxygens (including phenoxy) is 2. The predicted molar refractivity (Wildman–Crippen MR) is 98.7 cm³/mol. The number of nitrogens with zero attached hydrogens (tertiary/aromatic N) is 1. The molecule has 3 aromatic rings. The number of rotatable bonds is 7. The van der Waals surface area contributed by atoms with Gasteiger partial charge in [0.05, 0.1) is 25.3 Å². The topological polar surface area (TPSA) is 80.9 Å². The minimum Gasteiger partial charge on any atom is -0.497 e. The lowest BCUT2D eigenvalue weighted by molar-refractivity contribution is 0.370. The molecule has 0 aliphatic carbocycles. The highest BCUT2D eigenvalue weighted by Gasteiger charge is 2.14. The summed E-state index contributed by atoms with van der Waals surface area (Å²) in [6.45, 7) is 0.667. The molecule has 6 nitrogen and oxygen atoms in total. The molecule has 3 rings (SSSR count). The van der Waals surface area contributed by atoms with Crippen molar-refractivity contribution in [3.8, 4) is 11.5 Å². The van der Waals surface area contributed by atoms with E-state index in [1.165, 1.54) is 0 Å². The van der Waals surface area contributed by atoms with E-state index in [0.717, 1.165) is 33.3 Å². The van der Waals surface area contributed by atoms with Crippen LogP contribution in [0.2, 0.25) is 0 Å². The van der Waals surface area contributed by atoms with Crippen LogP contribution in [0, 0.1) is 0 Å². The highest BCUT2D eigenvalue weighted by Crippen LogP contribution is 2.36. The molecule has 0 bridgehead atoms. The first-order valence-corrected chi connectivity index (χ1v) is 9.91. The van der Waals surface area contributed by atoms with Crippen LogP contribution < -0.4 is 9.47 Å². The summed E-state index contributed by atoms with van der Waals surface area (Å²) in [5.74, 6) is 1.55. The van der Waals surface area contributed by atoms with Crippen molar-refractivity contribution in [2.24, 2.45) is 0 Å². The van der Waals surface area contributed by atoms with Crippen LogP contribution in [0.3, 0.4) is 0 Å². The van der Waals surface area contributed by atoms with Gasteiger partial charge in [-0.1, -0.05) is 0 Å². The number of fused-ring (bicyclic) bond motifs is 3. The molecule has 2 N–H and O–H groups in total. The monoisotopic (exact) mass is 363 g/mol. The van der Waals surface area contributed by atoms with Gasteiger partial charge >= 0.3 is 7.60 Å². The van der Waals surface area contributed by atoms with Gasteiger partial charge in [0.2, 0.25) is 0 Å². The van der Waals surface area contributed by atoms with Gasteiger partial charge in [0, 0.05) is 35.6 Å². The molecule has 0 aliphatic rings. The van der Waals surface area contributed by atoms with Crippen LogP contribution in [0.4, 0.5) is 0 Å². The van der Waals surface area contributed by atoms with Gasteiger partial charge in [0.25, 0.3) is 0 Å².